The van der Waals surface area contributed by atoms with Crippen molar-refractivity contribution < 1.29 is 9.53 Å². The van der Waals surface area contributed by atoms with Crippen molar-refractivity contribution in [3.8, 4) is 0 Å². The molecule has 19 heavy (non-hydrogen) atoms. The minimum absolute atomic E-state index is 0.000981. The Morgan fingerprint density at radius 2 is 2.26 bits per heavy atom. The molecule has 1 N–H and O–H groups in total. The number of aromatic nitrogens is 2. The molecule has 1 aromatic rings. The van der Waals surface area contributed by atoms with Gasteiger partial charge in [-0.25, -0.2) is 4.68 Å². The van der Waals surface area contributed by atoms with Crippen molar-refractivity contribution in [2.24, 2.45) is 0 Å². The van der Waals surface area contributed by atoms with Gasteiger partial charge in [-0.1, -0.05) is 23.3 Å². The summed E-state index contributed by atoms with van der Waals surface area (Å²) in [5, 5.41) is 6.84. The third-order valence-electron chi connectivity index (χ3n) is 2.29. The zero-order valence-corrected chi connectivity index (χ0v) is 11.8. The molecule has 0 aliphatic carbocycles. The molecular formula is C12H16ClN3O3. The molecule has 0 bridgehead atoms. The van der Waals surface area contributed by atoms with E-state index in [0.717, 1.165) is 10.3 Å². The van der Waals surface area contributed by atoms with E-state index in [1.165, 1.54) is 13.3 Å². The van der Waals surface area contributed by atoms with Crippen LogP contribution in [0.15, 0.2) is 22.6 Å². The van der Waals surface area contributed by atoms with Gasteiger partial charge in [-0.05, 0) is 13.8 Å². The molecule has 0 atom stereocenters. The second-order valence-corrected chi connectivity index (χ2v) is 4.45. The number of allylic oxidation sites excluding steroid dienone is 1. The monoisotopic (exact) mass is 285 g/mol. The number of anilines is 1. The fraction of sp³-hybridized carbons (Fsp3) is 0.417. The Bertz CT molecular complexity index is 548. The highest BCUT2D eigenvalue weighted by Crippen LogP contribution is 2.14. The van der Waals surface area contributed by atoms with Gasteiger partial charge in [0.15, 0.2) is 0 Å². The van der Waals surface area contributed by atoms with Gasteiger partial charge < -0.3 is 10.1 Å². The number of ether oxygens (including phenoxy) is 1. The van der Waals surface area contributed by atoms with E-state index in [0.29, 0.717) is 12.2 Å². The average Bonchev–Trinajstić information content (AvgIpc) is 2.37. The van der Waals surface area contributed by atoms with Gasteiger partial charge in [-0.15, -0.1) is 0 Å². The van der Waals surface area contributed by atoms with Crippen LogP contribution < -0.4 is 10.9 Å². The maximum Gasteiger partial charge on any atom is 0.327 e. The topological polar surface area (TPSA) is 73.2 Å². The Labute approximate surface area is 116 Å². The maximum absolute atomic E-state index is 11.8. The zero-order chi connectivity index (χ0) is 14.4. The largest absolute Gasteiger partial charge is 0.468 e. The Morgan fingerprint density at radius 3 is 2.84 bits per heavy atom. The lowest BCUT2D eigenvalue weighted by Gasteiger charge is -2.08. The average molecular weight is 286 g/mol. The van der Waals surface area contributed by atoms with Crippen LogP contribution in [-0.4, -0.2) is 29.4 Å². The highest BCUT2D eigenvalue weighted by molar-refractivity contribution is 6.32. The van der Waals surface area contributed by atoms with Gasteiger partial charge in [0.1, 0.15) is 11.6 Å². The number of nitrogens with one attached hydrogen (secondary N) is 1. The molecule has 0 amide bonds. The standard InChI is InChI=1S/C12H16ClN3O3/c1-8(2)4-5-14-9-6-15-16(7-10(17)19-3)12(18)11(9)13/h4,6,14H,5,7H2,1-3H3. The van der Waals surface area contributed by atoms with Crippen molar-refractivity contribution in [2.75, 3.05) is 19.0 Å². The van der Waals surface area contributed by atoms with E-state index >= 15 is 0 Å². The van der Waals surface area contributed by atoms with E-state index in [1.807, 2.05) is 19.9 Å². The number of nitrogens with zero attached hydrogens (tertiary/aromatic N) is 2. The van der Waals surface area contributed by atoms with Crippen molar-refractivity contribution in [3.05, 3.63) is 33.2 Å². The maximum atomic E-state index is 11.8. The molecule has 104 valence electrons. The minimum atomic E-state index is -0.559. The van der Waals surface area contributed by atoms with Gasteiger partial charge in [0.05, 0.1) is 19.0 Å². The number of rotatable bonds is 5. The summed E-state index contributed by atoms with van der Waals surface area (Å²) >= 11 is 5.93. The Balaban J connectivity index is 2.88. The Hall–Kier alpha value is -1.82. The fourth-order valence-electron chi connectivity index (χ4n) is 1.25. The van der Waals surface area contributed by atoms with Gasteiger partial charge in [0.2, 0.25) is 0 Å². The summed E-state index contributed by atoms with van der Waals surface area (Å²) in [7, 11) is 1.24. The van der Waals surface area contributed by atoms with Crippen molar-refractivity contribution >= 4 is 23.3 Å². The van der Waals surface area contributed by atoms with E-state index in [1.54, 1.807) is 0 Å². The first-order valence-electron chi connectivity index (χ1n) is 5.65. The highest BCUT2D eigenvalue weighted by Gasteiger charge is 2.11. The lowest BCUT2D eigenvalue weighted by Crippen LogP contribution is -2.28. The Kier molecular flexibility index (Phi) is 5.57. The quantitative estimate of drug-likeness (QED) is 0.655. The van der Waals surface area contributed by atoms with Crippen molar-refractivity contribution in [1.29, 1.82) is 0 Å². The first-order valence-corrected chi connectivity index (χ1v) is 6.03. The number of esters is 1. The van der Waals surface area contributed by atoms with E-state index in [4.69, 9.17) is 11.6 Å². The third-order valence-corrected chi connectivity index (χ3v) is 2.66. The van der Waals surface area contributed by atoms with Crippen LogP contribution in [-0.2, 0) is 16.1 Å². The molecule has 6 nitrogen and oxygen atoms in total. The smallest absolute Gasteiger partial charge is 0.327 e. The molecule has 1 aromatic heterocycles. The van der Waals surface area contributed by atoms with Crippen LogP contribution >= 0.6 is 11.6 Å². The summed E-state index contributed by atoms with van der Waals surface area (Å²) in [6.07, 6.45) is 3.36. The van der Waals surface area contributed by atoms with Crippen LogP contribution in [0.1, 0.15) is 13.8 Å². The van der Waals surface area contributed by atoms with E-state index in [2.05, 4.69) is 15.2 Å². The molecule has 1 rings (SSSR count). The van der Waals surface area contributed by atoms with Crippen molar-refractivity contribution in [1.82, 2.24) is 9.78 Å². The summed E-state index contributed by atoms with van der Waals surface area (Å²) in [5.74, 6) is -0.559. The third kappa shape index (κ3) is 4.40. The van der Waals surface area contributed by atoms with Crippen LogP contribution in [0.25, 0.3) is 0 Å². The zero-order valence-electron chi connectivity index (χ0n) is 11.1. The molecular weight excluding hydrogens is 270 g/mol. The first kappa shape index (κ1) is 15.2. The first-order chi connectivity index (χ1) is 8.95. The molecule has 0 aliphatic rings. The van der Waals surface area contributed by atoms with Crippen LogP contribution in [0.5, 0.6) is 0 Å². The Morgan fingerprint density at radius 1 is 1.58 bits per heavy atom. The molecule has 0 fully saturated rings. The molecule has 0 spiro atoms. The summed E-state index contributed by atoms with van der Waals surface area (Å²) in [6.45, 7) is 4.22. The van der Waals surface area contributed by atoms with Gasteiger partial charge in [0.25, 0.3) is 5.56 Å². The van der Waals surface area contributed by atoms with Crippen molar-refractivity contribution in [2.45, 2.75) is 20.4 Å². The second-order valence-electron chi connectivity index (χ2n) is 4.07. The van der Waals surface area contributed by atoms with Crippen LogP contribution in [0.3, 0.4) is 0 Å². The molecule has 0 aliphatic heterocycles. The minimum Gasteiger partial charge on any atom is -0.468 e. The highest BCUT2D eigenvalue weighted by atomic mass is 35.5. The molecule has 0 saturated heterocycles. The van der Waals surface area contributed by atoms with E-state index in [9.17, 15) is 9.59 Å². The van der Waals surface area contributed by atoms with Crippen LogP contribution in [0.4, 0.5) is 5.69 Å². The molecule has 0 aromatic carbocycles. The molecule has 0 radical (unpaired) electrons. The molecule has 0 saturated carbocycles. The fourth-order valence-corrected chi connectivity index (χ4v) is 1.47. The summed E-state index contributed by atoms with van der Waals surface area (Å²) < 4.78 is 5.42. The van der Waals surface area contributed by atoms with Gasteiger partial charge in [0, 0.05) is 6.54 Å². The van der Waals surface area contributed by atoms with Gasteiger partial charge in [-0.2, -0.15) is 5.10 Å². The predicted molar refractivity (Wildman–Crippen MR) is 73.4 cm³/mol. The summed E-state index contributed by atoms with van der Waals surface area (Å²) in [4.78, 5) is 22.9. The van der Waals surface area contributed by atoms with E-state index in [-0.39, 0.29) is 11.6 Å². The lowest BCUT2D eigenvalue weighted by molar-refractivity contribution is -0.141. The molecule has 1 heterocycles. The summed E-state index contributed by atoms with van der Waals surface area (Å²) in [5.41, 5.74) is 1.05. The predicted octanol–water partition coefficient (Wildman–Crippen LogP) is 1.45. The molecule has 0 unspecified atom stereocenters. The van der Waals surface area contributed by atoms with Gasteiger partial charge >= 0.3 is 5.97 Å². The number of hydrogen-bond donors (Lipinski definition) is 1. The number of methoxy groups -OCH3 is 1. The normalized spacial score (nSPS) is 9.89. The number of halogens is 1. The second kappa shape index (κ2) is 6.94. The number of carbonyl (C=O) groups is 1. The van der Waals surface area contributed by atoms with Gasteiger partial charge in [-0.3, -0.25) is 9.59 Å². The van der Waals surface area contributed by atoms with Crippen LogP contribution in [0.2, 0.25) is 5.02 Å². The number of hydrogen-bond acceptors (Lipinski definition) is 5. The number of carbonyl (C=O) groups excluding carboxylic acids is 1. The van der Waals surface area contributed by atoms with Crippen molar-refractivity contribution in [3.63, 3.8) is 0 Å². The summed E-state index contributed by atoms with van der Waals surface area (Å²) in [6, 6.07) is 0. The SMILES string of the molecule is COC(=O)Cn1ncc(NCC=C(C)C)c(Cl)c1=O. The lowest BCUT2D eigenvalue weighted by atomic mass is 10.3. The van der Waals surface area contributed by atoms with E-state index < -0.39 is 11.5 Å². The van der Waals surface area contributed by atoms with Crippen LogP contribution in [0, 0.1) is 0 Å². The molecule has 7 heteroatoms.